The fourth-order valence-electron chi connectivity index (χ4n) is 4.19. The summed E-state index contributed by atoms with van der Waals surface area (Å²) in [5.41, 5.74) is -1.19. The standard InChI is InChI=1S/C24H18O8/c1-9-7-13(27)20-21(22(29)11-5-4-6-12(26)18(11)24(20)31)16(9)19-14(28)8-15(32-3)17(10(2)25)23(19)30/h4-8,26-28,30H,1-3H3/i7+1. The van der Waals surface area contributed by atoms with Crippen LogP contribution in [0.3, 0.4) is 0 Å². The summed E-state index contributed by atoms with van der Waals surface area (Å²) in [6.45, 7) is 2.72. The Hall–Kier alpha value is -4.33. The number of rotatable bonds is 3. The van der Waals surface area contributed by atoms with Gasteiger partial charge < -0.3 is 25.2 Å². The molecule has 0 radical (unpaired) electrons. The fraction of sp³-hybridized carbons (Fsp3) is 0.125. The molecule has 162 valence electrons. The molecule has 1 aliphatic rings. The van der Waals surface area contributed by atoms with E-state index in [4.69, 9.17) is 4.74 Å². The van der Waals surface area contributed by atoms with E-state index < -0.39 is 40.3 Å². The second kappa shape index (κ2) is 7.12. The van der Waals surface area contributed by atoms with E-state index in [9.17, 15) is 34.8 Å². The number of ketones is 3. The predicted octanol–water partition coefficient (Wildman–Crippen LogP) is 3.47. The highest BCUT2D eigenvalue weighted by Crippen LogP contribution is 2.50. The minimum atomic E-state index is -0.786. The first-order valence-corrected chi connectivity index (χ1v) is 9.52. The highest BCUT2D eigenvalue weighted by Gasteiger charge is 2.38. The zero-order chi connectivity index (χ0) is 23.5. The van der Waals surface area contributed by atoms with E-state index in [-0.39, 0.29) is 50.3 Å². The van der Waals surface area contributed by atoms with Gasteiger partial charge in [0.2, 0.25) is 5.78 Å². The normalized spacial score (nSPS) is 12.3. The molecule has 8 heteroatoms. The van der Waals surface area contributed by atoms with E-state index in [0.717, 1.165) is 6.07 Å². The molecule has 0 saturated heterocycles. The Morgan fingerprint density at radius 1 is 0.812 bits per heavy atom. The van der Waals surface area contributed by atoms with Crippen LogP contribution < -0.4 is 4.74 Å². The van der Waals surface area contributed by atoms with Crippen LogP contribution in [0, 0.1) is 6.92 Å². The van der Waals surface area contributed by atoms with Gasteiger partial charge in [0.15, 0.2) is 11.6 Å². The number of aromatic hydroxyl groups is 4. The highest BCUT2D eigenvalue weighted by atomic mass is 16.5. The average molecular weight is 435 g/mol. The second-order valence-electron chi connectivity index (χ2n) is 7.45. The number of methoxy groups -OCH3 is 1. The largest absolute Gasteiger partial charge is 0.507 e. The Bertz CT molecular complexity index is 1370. The van der Waals surface area contributed by atoms with Gasteiger partial charge in [-0.1, -0.05) is 12.1 Å². The Morgan fingerprint density at radius 3 is 2.09 bits per heavy atom. The minimum absolute atomic E-state index is 0.0229. The number of carbonyl (C=O) groups is 3. The van der Waals surface area contributed by atoms with Crippen molar-refractivity contribution < 1.29 is 39.5 Å². The number of fused-ring (bicyclic) bond motifs is 2. The SMILES string of the molecule is COc1cc(O)c(-c2c(C)[13cH]c(O)c3c2C(=O)c2cccc(O)c2C3=O)c(O)c1C(C)=O. The van der Waals surface area contributed by atoms with Crippen molar-refractivity contribution >= 4 is 17.3 Å². The summed E-state index contributed by atoms with van der Waals surface area (Å²) >= 11 is 0. The fourth-order valence-corrected chi connectivity index (χ4v) is 4.19. The summed E-state index contributed by atoms with van der Waals surface area (Å²) < 4.78 is 5.09. The molecule has 0 spiro atoms. The van der Waals surface area contributed by atoms with Crippen LogP contribution in [0.5, 0.6) is 28.7 Å². The maximum absolute atomic E-state index is 13.4. The molecule has 1 aliphatic carbocycles. The summed E-state index contributed by atoms with van der Waals surface area (Å²) in [6.07, 6.45) is 0. The number of benzene rings is 3. The summed E-state index contributed by atoms with van der Waals surface area (Å²) in [5.74, 6) is -4.14. The molecular formula is C24H18O8. The lowest BCUT2D eigenvalue weighted by Gasteiger charge is -2.24. The zero-order valence-electron chi connectivity index (χ0n) is 17.3. The van der Waals surface area contributed by atoms with Crippen molar-refractivity contribution in [1.82, 2.24) is 0 Å². The number of hydrogen-bond donors (Lipinski definition) is 4. The molecule has 0 aromatic heterocycles. The number of carbonyl (C=O) groups excluding carboxylic acids is 3. The number of Topliss-reactive ketones (excluding diaryl/α,β-unsaturated/α-hetero) is 1. The van der Waals surface area contributed by atoms with E-state index in [1.165, 1.54) is 45.2 Å². The van der Waals surface area contributed by atoms with Gasteiger partial charge in [0.1, 0.15) is 34.3 Å². The molecule has 32 heavy (non-hydrogen) atoms. The van der Waals surface area contributed by atoms with Crippen molar-refractivity contribution in [1.29, 1.82) is 0 Å². The molecule has 3 aromatic rings. The van der Waals surface area contributed by atoms with Crippen LogP contribution in [-0.2, 0) is 0 Å². The van der Waals surface area contributed by atoms with Crippen LogP contribution in [-0.4, -0.2) is 44.9 Å². The lowest BCUT2D eigenvalue weighted by atomic mass is 9.79. The van der Waals surface area contributed by atoms with Crippen molar-refractivity contribution in [2.45, 2.75) is 13.8 Å². The quantitative estimate of drug-likeness (QED) is 0.359. The van der Waals surface area contributed by atoms with Gasteiger partial charge in [-0.15, -0.1) is 0 Å². The van der Waals surface area contributed by atoms with Crippen molar-refractivity contribution in [2.75, 3.05) is 7.11 Å². The van der Waals surface area contributed by atoms with Crippen LogP contribution in [0.1, 0.15) is 54.7 Å². The van der Waals surface area contributed by atoms with Crippen LogP contribution in [0.25, 0.3) is 11.1 Å². The lowest BCUT2D eigenvalue weighted by molar-refractivity contribution is 0.0974. The van der Waals surface area contributed by atoms with Crippen LogP contribution >= 0.6 is 0 Å². The molecule has 8 nitrogen and oxygen atoms in total. The van der Waals surface area contributed by atoms with E-state index in [2.05, 4.69) is 0 Å². The van der Waals surface area contributed by atoms with Gasteiger partial charge in [-0.2, -0.15) is 0 Å². The van der Waals surface area contributed by atoms with Gasteiger partial charge in [0.05, 0.1) is 23.8 Å². The third kappa shape index (κ3) is 2.73. The number of hydrogen-bond acceptors (Lipinski definition) is 8. The van der Waals surface area contributed by atoms with Gasteiger partial charge in [-0.05, 0) is 31.5 Å². The summed E-state index contributed by atoms with van der Waals surface area (Å²) in [7, 11) is 1.26. The van der Waals surface area contributed by atoms with Crippen LogP contribution in [0.4, 0.5) is 0 Å². The zero-order valence-corrected chi connectivity index (χ0v) is 17.3. The number of phenols is 4. The maximum atomic E-state index is 13.4. The second-order valence-corrected chi connectivity index (χ2v) is 7.45. The third-order valence-corrected chi connectivity index (χ3v) is 5.54. The minimum Gasteiger partial charge on any atom is -0.507 e. The van der Waals surface area contributed by atoms with Gasteiger partial charge in [-0.25, -0.2) is 0 Å². The molecule has 0 saturated carbocycles. The van der Waals surface area contributed by atoms with Gasteiger partial charge in [-0.3, -0.25) is 14.4 Å². The maximum Gasteiger partial charge on any atom is 0.201 e. The first-order valence-electron chi connectivity index (χ1n) is 9.52. The number of aryl methyl sites for hydroxylation is 1. The molecule has 0 heterocycles. The van der Waals surface area contributed by atoms with Crippen LogP contribution in [0.15, 0.2) is 30.3 Å². The predicted molar refractivity (Wildman–Crippen MR) is 113 cm³/mol. The summed E-state index contributed by atoms with van der Waals surface area (Å²) in [4.78, 5) is 38.8. The Kier molecular flexibility index (Phi) is 4.66. The Balaban J connectivity index is 2.16. The van der Waals surface area contributed by atoms with Crippen molar-refractivity contribution in [2.24, 2.45) is 0 Å². The Labute approximate surface area is 182 Å². The smallest absolute Gasteiger partial charge is 0.201 e. The molecule has 0 atom stereocenters. The first-order chi connectivity index (χ1) is 15.1. The molecular weight excluding hydrogens is 417 g/mol. The molecule has 0 bridgehead atoms. The van der Waals surface area contributed by atoms with E-state index in [1.54, 1.807) is 0 Å². The molecule has 0 unspecified atom stereocenters. The molecule has 3 aromatic carbocycles. The monoisotopic (exact) mass is 435 g/mol. The van der Waals surface area contributed by atoms with Crippen molar-refractivity contribution in [3.8, 4) is 39.9 Å². The number of phenolic OH excluding ortho intramolecular Hbond substituents is 4. The molecule has 4 N–H and O–H groups in total. The average Bonchev–Trinajstić information content (AvgIpc) is 2.72. The first kappa shape index (κ1) is 20.9. The number of ether oxygens (including phenoxy) is 1. The van der Waals surface area contributed by atoms with Gasteiger partial charge >= 0.3 is 0 Å². The van der Waals surface area contributed by atoms with Crippen molar-refractivity contribution in [3.63, 3.8) is 0 Å². The van der Waals surface area contributed by atoms with Gasteiger partial charge in [0.25, 0.3) is 0 Å². The van der Waals surface area contributed by atoms with E-state index in [0.29, 0.717) is 0 Å². The summed E-state index contributed by atoms with van der Waals surface area (Å²) in [6, 6.07) is 6.34. The molecule has 0 aliphatic heterocycles. The molecule has 0 amide bonds. The van der Waals surface area contributed by atoms with Gasteiger partial charge in [0, 0.05) is 22.8 Å². The lowest BCUT2D eigenvalue weighted by Crippen LogP contribution is -2.22. The summed E-state index contributed by atoms with van der Waals surface area (Å²) in [5, 5.41) is 42.3. The van der Waals surface area contributed by atoms with E-state index >= 15 is 0 Å². The van der Waals surface area contributed by atoms with E-state index in [1.807, 2.05) is 0 Å². The highest BCUT2D eigenvalue weighted by molar-refractivity contribution is 6.32. The van der Waals surface area contributed by atoms with Crippen molar-refractivity contribution in [3.05, 3.63) is 63.7 Å². The molecule has 0 fully saturated rings. The molecule has 4 rings (SSSR count). The topological polar surface area (TPSA) is 141 Å². The Morgan fingerprint density at radius 2 is 1.47 bits per heavy atom. The third-order valence-electron chi connectivity index (χ3n) is 5.54. The van der Waals surface area contributed by atoms with Crippen LogP contribution in [0.2, 0.25) is 0 Å².